The van der Waals surface area contributed by atoms with Crippen LogP contribution in [0, 0.1) is 0 Å². The van der Waals surface area contributed by atoms with Gasteiger partial charge in [-0.25, -0.2) is 14.8 Å². The number of anilines is 2. The first kappa shape index (κ1) is 22.8. The number of carbonyl (C=O) groups is 1. The molecule has 0 bridgehead atoms. The van der Waals surface area contributed by atoms with Crippen LogP contribution in [0.1, 0.15) is 22.3 Å². The molecule has 1 aliphatic rings. The monoisotopic (exact) mass is 504 g/mol. The Bertz CT molecular complexity index is 1680. The molecule has 6 rings (SSSR count). The fourth-order valence-corrected chi connectivity index (χ4v) is 4.75. The summed E-state index contributed by atoms with van der Waals surface area (Å²) in [7, 11) is 0. The van der Waals surface area contributed by atoms with E-state index in [2.05, 4.69) is 9.72 Å². The molecular weight excluding hydrogens is 485 g/mol. The Morgan fingerprint density at radius 1 is 1.00 bits per heavy atom. The molecule has 1 aliphatic heterocycles. The number of aromatic nitrogens is 3. The number of alkyl halides is 3. The predicted molar refractivity (Wildman–Crippen MR) is 132 cm³/mol. The zero-order valence-corrected chi connectivity index (χ0v) is 19.2. The summed E-state index contributed by atoms with van der Waals surface area (Å²) in [6.45, 7) is 0.560. The van der Waals surface area contributed by atoms with Crippen LogP contribution in [-0.2, 0) is 6.42 Å². The van der Waals surface area contributed by atoms with Crippen molar-refractivity contribution in [1.29, 1.82) is 0 Å². The molecule has 0 fully saturated rings. The first-order chi connectivity index (χ1) is 17.7. The van der Waals surface area contributed by atoms with Crippen molar-refractivity contribution in [3.63, 3.8) is 0 Å². The lowest BCUT2D eigenvalue weighted by molar-refractivity contribution is -0.274. The van der Waals surface area contributed by atoms with Gasteiger partial charge in [0, 0.05) is 34.9 Å². The number of carboxylic acids is 1. The van der Waals surface area contributed by atoms with E-state index in [0.29, 0.717) is 53.2 Å². The Balaban J connectivity index is 1.54. The number of nitrogens with one attached hydrogen (secondary N) is 1. The molecule has 186 valence electrons. The molecule has 0 unspecified atom stereocenters. The number of aromatic amines is 1. The number of fused-ring (bicyclic) bond motifs is 3. The highest BCUT2D eigenvalue weighted by molar-refractivity contribution is 5.95. The largest absolute Gasteiger partial charge is 0.573 e. The maximum atomic E-state index is 12.8. The van der Waals surface area contributed by atoms with Crippen LogP contribution in [0.4, 0.5) is 24.7 Å². The van der Waals surface area contributed by atoms with Crippen LogP contribution in [0.25, 0.3) is 33.2 Å². The maximum absolute atomic E-state index is 12.8. The van der Waals surface area contributed by atoms with E-state index < -0.39 is 12.3 Å². The van der Waals surface area contributed by atoms with Gasteiger partial charge in [0.05, 0.1) is 16.6 Å². The molecule has 3 heterocycles. The fourth-order valence-electron chi connectivity index (χ4n) is 4.75. The van der Waals surface area contributed by atoms with Crippen molar-refractivity contribution >= 4 is 39.4 Å². The number of rotatable bonds is 4. The highest BCUT2D eigenvalue weighted by Gasteiger charge is 2.32. The standard InChI is InChI=1S/C27H19F3N4O3/c28-27(29,30)37-19-5-8-23-16(13-19)2-1-11-34(23)25-24(17-3-6-20-15(12-17)9-10-31-20)32-21-7-4-18(26(35)36)14-22(21)33-25/h3-10,12-14,31H,1-2,11H2,(H,35,36). The van der Waals surface area contributed by atoms with Gasteiger partial charge in [0.25, 0.3) is 0 Å². The van der Waals surface area contributed by atoms with Crippen molar-refractivity contribution in [1.82, 2.24) is 15.0 Å². The van der Waals surface area contributed by atoms with Crippen LogP contribution in [0.5, 0.6) is 5.75 Å². The Morgan fingerprint density at radius 2 is 1.86 bits per heavy atom. The number of benzene rings is 3. The van der Waals surface area contributed by atoms with Crippen LogP contribution in [-0.4, -0.2) is 38.9 Å². The van der Waals surface area contributed by atoms with Crippen molar-refractivity contribution in [2.75, 3.05) is 11.4 Å². The maximum Gasteiger partial charge on any atom is 0.573 e. The third-order valence-corrected chi connectivity index (χ3v) is 6.38. The van der Waals surface area contributed by atoms with Crippen LogP contribution >= 0.6 is 0 Å². The molecule has 10 heteroatoms. The van der Waals surface area contributed by atoms with Gasteiger partial charge in [-0.05, 0) is 73.0 Å². The van der Waals surface area contributed by atoms with E-state index in [0.717, 1.165) is 16.5 Å². The molecule has 37 heavy (non-hydrogen) atoms. The lowest BCUT2D eigenvalue weighted by atomic mass is 10.00. The van der Waals surface area contributed by atoms with Gasteiger partial charge < -0.3 is 19.7 Å². The summed E-state index contributed by atoms with van der Waals surface area (Å²) in [6, 6.07) is 16.7. The summed E-state index contributed by atoms with van der Waals surface area (Å²) >= 11 is 0. The number of hydrogen-bond acceptors (Lipinski definition) is 5. The van der Waals surface area contributed by atoms with E-state index in [4.69, 9.17) is 9.97 Å². The fraction of sp³-hybridized carbons (Fsp3) is 0.148. The topological polar surface area (TPSA) is 91.3 Å². The predicted octanol–water partition coefficient (Wildman–Crippen LogP) is 6.46. The lowest BCUT2D eigenvalue weighted by Gasteiger charge is -2.32. The van der Waals surface area contributed by atoms with E-state index in [1.165, 1.54) is 24.3 Å². The van der Waals surface area contributed by atoms with E-state index in [1.807, 2.05) is 35.4 Å². The Kier molecular flexibility index (Phi) is 5.25. The first-order valence-corrected chi connectivity index (χ1v) is 11.5. The van der Waals surface area contributed by atoms with Crippen molar-refractivity contribution in [2.24, 2.45) is 0 Å². The Labute approximate surface area is 208 Å². The second kappa shape index (κ2) is 8.51. The van der Waals surface area contributed by atoms with E-state index >= 15 is 0 Å². The first-order valence-electron chi connectivity index (χ1n) is 11.5. The summed E-state index contributed by atoms with van der Waals surface area (Å²) < 4.78 is 42.5. The number of halogens is 3. The van der Waals surface area contributed by atoms with Crippen LogP contribution in [0.2, 0.25) is 0 Å². The number of hydrogen-bond donors (Lipinski definition) is 2. The average molecular weight is 504 g/mol. The van der Waals surface area contributed by atoms with Gasteiger partial charge >= 0.3 is 12.3 Å². The molecular formula is C27H19F3N4O3. The molecule has 0 atom stereocenters. The number of ether oxygens (including phenoxy) is 1. The minimum absolute atomic E-state index is 0.0854. The molecule has 0 spiro atoms. The van der Waals surface area contributed by atoms with Gasteiger partial charge in [-0.15, -0.1) is 13.2 Å². The zero-order valence-electron chi connectivity index (χ0n) is 19.2. The van der Waals surface area contributed by atoms with Crippen molar-refractivity contribution in [2.45, 2.75) is 19.2 Å². The molecule has 7 nitrogen and oxygen atoms in total. The van der Waals surface area contributed by atoms with E-state index in [-0.39, 0.29) is 11.3 Å². The minimum Gasteiger partial charge on any atom is -0.478 e. The number of aryl methyl sites for hydroxylation is 1. The number of nitrogens with zero attached hydrogens (tertiary/aromatic N) is 3. The summed E-state index contributed by atoms with van der Waals surface area (Å²) in [6.07, 6.45) is -1.68. The van der Waals surface area contributed by atoms with Gasteiger partial charge in [0.15, 0.2) is 5.82 Å². The van der Waals surface area contributed by atoms with Crippen LogP contribution in [0.3, 0.4) is 0 Å². The number of aromatic carboxylic acids is 1. The molecule has 0 amide bonds. The second-order valence-corrected chi connectivity index (χ2v) is 8.78. The van der Waals surface area contributed by atoms with Crippen LogP contribution in [0.15, 0.2) is 66.9 Å². The van der Waals surface area contributed by atoms with E-state index in [9.17, 15) is 23.1 Å². The third-order valence-electron chi connectivity index (χ3n) is 6.38. The summed E-state index contributed by atoms with van der Waals surface area (Å²) in [5, 5.41) is 10.4. The summed E-state index contributed by atoms with van der Waals surface area (Å²) in [4.78, 5) is 26.4. The number of carboxylic acid groups (broad SMARTS) is 1. The van der Waals surface area contributed by atoms with Gasteiger partial charge in [-0.1, -0.05) is 6.07 Å². The molecule has 0 saturated carbocycles. The van der Waals surface area contributed by atoms with E-state index in [1.54, 1.807) is 12.1 Å². The SMILES string of the molecule is O=C(O)c1ccc2nc(-c3ccc4[nH]ccc4c3)c(N3CCCc4cc(OC(F)(F)F)ccc43)nc2c1. The molecule has 2 N–H and O–H groups in total. The van der Waals surface area contributed by atoms with Gasteiger partial charge in [0.2, 0.25) is 0 Å². The molecule has 5 aromatic rings. The zero-order chi connectivity index (χ0) is 25.7. The minimum atomic E-state index is -4.78. The van der Waals surface area contributed by atoms with Crippen molar-refractivity contribution < 1.29 is 27.8 Å². The van der Waals surface area contributed by atoms with Crippen LogP contribution < -0.4 is 9.64 Å². The average Bonchev–Trinajstić information content (AvgIpc) is 3.34. The van der Waals surface area contributed by atoms with Gasteiger partial charge in [-0.2, -0.15) is 0 Å². The Morgan fingerprint density at radius 3 is 2.68 bits per heavy atom. The van der Waals surface area contributed by atoms with Crippen molar-refractivity contribution in [3.05, 3.63) is 78.0 Å². The highest BCUT2D eigenvalue weighted by Crippen LogP contribution is 2.40. The normalized spacial score (nSPS) is 13.6. The summed E-state index contributed by atoms with van der Waals surface area (Å²) in [5.41, 5.74) is 4.78. The second-order valence-electron chi connectivity index (χ2n) is 8.78. The quantitative estimate of drug-likeness (QED) is 0.292. The summed E-state index contributed by atoms with van der Waals surface area (Å²) in [5.74, 6) is -0.856. The molecule has 2 aromatic heterocycles. The molecule has 3 aromatic carbocycles. The Hall–Kier alpha value is -4.60. The lowest BCUT2D eigenvalue weighted by Crippen LogP contribution is -2.26. The molecule has 0 saturated heterocycles. The van der Waals surface area contributed by atoms with Gasteiger partial charge in [0.1, 0.15) is 11.4 Å². The molecule has 0 aliphatic carbocycles. The smallest absolute Gasteiger partial charge is 0.478 e. The van der Waals surface area contributed by atoms with Gasteiger partial charge in [-0.3, -0.25) is 0 Å². The molecule has 0 radical (unpaired) electrons. The third kappa shape index (κ3) is 4.31. The van der Waals surface area contributed by atoms with Crippen molar-refractivity contribution in [3.8, 4) is 17.0 Å². The number of H-pyrrole nitrogens is 1. The highest BCUT2D eigenvalue weighted by atomic mass is 19.4.